The van der Waals surface area contributed by atoms with Gasteiger partial charge in [0.05, 0.1) is 5.69 Å². The molecule has 7 heteroatoms. The monoisotopic (exact) mass is 411 g/mol. The molecule has 2 amide bonds. The number of rotatable bonds is 3. The van der Waals surface area contributed by atoms with E-state index >= 15 is 0 Å². The number of carbonyl (C=O) groups excluding carboxylic acids is 2. The van der Waals surface area contributed by atoms with Crippen LogP contribution in [0.2, 0.25) is 0 Å². The number of benzene rings is 1. The Morgan fingerprint density at radius 1 is 1.17 bits per heavy atom. The second-order valence-corrected chi connectivity index (χ2v) is 7.93. The zero-order chi connectivity index (χ0) is 20.7. The first kappa shape index (κ1) is 19.5. The summed E-state index contributed by atoms with van der Waals surface area (Å²) in [6, 6.07) is 8.30. The second-order valence-electron chi connectivity index (χ2n) is 7.54. The molecule has 5 nitrogen and oxygen atoms in total. The maximum absolute atomic E-state index is 14.3. The van der Waals surface area contributed by atoms with Gasteiger partial charge in [-0.15, -0.1) is 0 Å². The smallest absolute Gasteiger partial charge is 0.270 e. The number of aromatic nitrogens is 1. The fourth-order valence-corrected chi connectivity index (χ4v) is 4.61. The molecular formula is C22H22FN3O2S. The molecule has 29 heavy (non-hydrogen) atoms. The van der Waals surface area contributed by atoms with Gasteiger partial charge in [-0.05, 0) is 68.7 Å². The Morgan fingerprint density at radius 3 is 2.55 bits per heavy atom. The van der Waals surface area contributed by atoms with Crippen LogP contribution in [0.3, 0.4) is 0 Å². The molecule has 0 bridgehead atoms. The lowest BCUT2D eigenvalue weighted by molar-refractivity contribution is -0.122. The lowest BCUT2D eigenvalue weighted by Gasteiger charge is -2.29. The molecule has 1 saturated carbocycles. The van der Waals surface area contributed by atoms with Crippen LogP contribution in [0.1, 0.15) is 48.7 Å². The van der Waals surface area contributed by atoms with Crippen molar-refractivity contribution >= 4 is 40.9 Å². The number of carbonyl (C=O) groups is 2. The van der Waals surface area contributed by atoms with E-state index in [-0.39, 0.29) is 16.4 Å². The minimum Gasteiger partial charge on any atom is -0.346 e. The first-order valence-electron chi connectivity index (χ1n) is 9.73. The average molecular weight is 412 g/mol. The molecule has 4 rings (SSSR count). The van der Waals surface area contributed by atoms with Crippen LogP contribution in [0, 0.1) is 19.7 Å². The van der Waals surface area contributed by atoms with Gasteiger partial charge in [0.25, 0.3) is 11.8 Å². The number of hydrogen-bond donors (Lipinski definition) is 1. The first-order valence-corrected chi connectivity index (χ1v) is 10.1. The number of amides is 2. The molecule has 0 spiro atoms. The van der Waals surface area contributed by atoms with E-state index in [1.54, 1.807) is 12.1 Å². The predicted octanol–water partition coefficient (Wildman–Crippen LogP) is 4.19. The molecule has 1 aliphatic carbocycles. The highest BCUT2D eigenvalue weighted by Crippen LogP contribution is 2.34. The molecule has 1 saturated heterocycles. The summed E-state index contributed by atoms with van der Waals surface area (Å²) in [6.45, 7) is 4.04. The number of hydrogen-bond acceptors (Lipinski definition) is 3. The van der Waals surface area contributed by atoms with Crippen LogP contribution in [0.5, 0.6) is 0 Å². The number of halogens is 1. The summed E-state index contributed by atoms with van der Waals surface area (Å²) in [5, 5.41) is 2.38. The molecule has 0 unspecified atom stereocenters. The quantitative estimate of drug-likeness (QED) is 0.468. The molecule has 0 radical (unpaired) electrons. The van der Waals surface area contributed by atoms with Gasteiger partial charge in [0.2, 0.25) is 0 Å². The van der Waals surface area contributed by atoms with Gasteiger partial charge in [0, 0.05) is 17.4 Å². The molecule has 150 valence electrons. The summed E-state index contributed by atoms with van der Waals surface area (Å²) in [4.78, 5) is 26.7. The Labute approximate surface area is 174 Å². The standard InChI is InChI=1S/C22H22FN3O2S/c1-13-11-15(14(2)25(13)16-7-3-4-8-16)12-17-20(27)24-22(29)26(21(17)28)19-10-6-5-9-18(19)23/h5-6,9-12,16H,3-4,7-8H2,1-2H3,(H,24,27,29)/b17-12+. The van der Waals surface area contributed by atoms with E-state index in [0.29, 0.717) is 6.04 Å². The molecule has 0 atom stereocenters. The zero-order valence-corrected chi connectivity index (χ0v) is 17.2. The number of nitrogens with one attached hydrogen (secondary N) is 1. The van der Waals surface area contributed by atoms with Gasteiger partial charge in [0.15, 0.2) is 5.11 Å². The van der Waals surface area contributed by atoms with E-state index in [0.717, 1.165) is 34.7 Å². The van der Waals surface area contributed by atoms with Gasteiger partial charge in [-0.25, -0.2) is 9.29 Å². The Balaban J connectivity index is 1.74. The molecule has 1 aromatic carbocycles. The molecule has 2 aromatic rings. The van der Waals surface area contributed by atoms with Crippen molar-refractivity contribution < 1.29 is 14.0 Å². The van der Waals surface area contributed by atoms with Crippen LogP contribution >= 0.6 is 12.2 Å². The lowest BCUT2D eigenvalue weighted by Crippen LogP contribution is -2.54. The Morgan fingerprint density at radius 2 is 1.86 bits per heavy atom. The van der Waals surface area contributed by atoms with Crippen LogP contribution in [0.15, 0.2) is 35.9 Å². The molecular weight excluding hydrogens is 389 g/mol. The van der Waals surface area contributed by atoms with Crippen molar-refractivity contribution in [1.82, 2.24) is 9.88 Å². The van der Waals surface area contributed by atoms with Crippen molar-refractivity contribution in [3.05, 3.63) is 58.7 Å². The molecule has 2 aliphatic rings. The lowest BCUT2D eigenvalue weighted by atomic mass is 10.1. The molecule has 1 N–H and O–H groups in total. The van der Waals surface area contributed by atoms with E-state index in [9.17, 15) is 14.0 Å². The Hall–Kier alpha value is -2.80. The summed E-state index contributed by atoms with van der Waals surface area (Å²) in [6.07, 6.45) is 6.30. The van der Waals surface area contributed by atoms with Crippen molar-refractivity contribution in [2.45, 2.75) is 45.6 Å². The van der Waals surface area contributed by atoms with Crippen LogP contribution in [0.4, 0.5) is 10.1 Å². The van der Waals surface area contributed by atoms with Crippen LogP contribution in [-0.2, 0) is 9.59 Å². The maximum Gasteiger partial charge on any atom is 0.270 e. The number of aryl methyl sites for hydroxylation is 1. The van der Waals surface area contributed by atoms with Crippen molar-refractivity contribution in [1.29, 1.82) is 0 Å². The van der Waals surface area contributed by atoms with Crippen molar-refractivity contribution in [2.24, 2.45) is 0 Å². The topological polar surface area (TPSA) is 54.3 Å². The summed E-state index contributed by atoms with van der Waals surface area (Å²) >= 11 is 5.14. The number of para-hydroxylation sites is 1. The maximum atomic E-state index is 14.3. The van der Waals surface area contributed by atoms with Crippen molar-refractivity contribution in [3.63, 3.8) is 0 Å². The van der Waals surface area contributed by atoms with E-state index in [4.69, 9.17) is 12.2 Å². The minimum absolute atomic E-state index is 0.0184. The van der Waals surface area contributed by atoms with Gasteiger partial charge in [-0.1, -0.05) is 25.0 Å². The van der Waals surface area contributed by atoms with Gasteiger partial charge < -0.3 is 4.57 Å². The highest BCUT2D eigenvalue weighted by molar-refractivity contribution is 7.80. The van der Waals surface area contributed by atoms with Gasteiger partial charge in [-0.3, -0.25) is 14.9 Å². The minimum atomic E-state index is -0.630. The summed E-state index contributed by atoms with van der Waals surface area (Å²) < 4.78 is 16.6. The van der Waals surface area contributed by atoms with Crippen LogP contribution in [0.25, 0.3) is 6.08 Å². The van der Waals surface area contributed by atoms with Crippen molar-refractivity contribution in [2.75, 3.05) is 4.90 Å². The first-order chi connectivity index (χ1) is 13.9. The Kier molecular flexibility index (Phi) is 5.08. The number of anilines is 1. The summed E-state index contributed by atoms with van der Waals surface area (Å²) in [5.74, 6) is -1.79. The SMILES string of the molecule is Cc1cc(/C=C2\C(=O)NC(=S)N(c3ccccc3F)C2=O)c(C)n1C1CCCC1. The largest absolute Gasteiger partial charge is 0.346 e. The third-order valence-corrected chi connectivity index (χ3v) is 5.99. The van der Waals surface area contributed by atoms with Gasteiger partial charge in [0.1, 0.15) is 11.4 Å². The molecule has 1 aromatic heterocycles. The highest BCUT2D eigenvalue weighted by atomic mass is 32.1. The van der Waals surface area contributed by atoms with Crippen LogP contribution in [-0.4, -0.2) is 21.5 Å². The molecule has 2 fully saturated rings. The van der Waals surface area contributed by atoms with E-state index in [1.807, 2.05) is 19.9 Å². The van der Waals surface area contributed by atoms with Crippen molar-refractivity contribution in [3.8, 4) is 0 Å². The summed E-state index contributed by atoms with van der Waals surface area (Å²) in [7, 11) is 0. The highest BCUT2D eigenvalue weighted by Gasteiger charge is 2.36. The van der Waals surface area contributed by atoms with Gasteiger partial charge >= 0.3 is 0 Å². The molecule has 2 heterocycles. The number of thiocarbonyl (C=S) groups is 1. The van der Waals surface area contributed by atoms with Crippen LogP contribution < -0.4 is 10.2 Å². The van der Waals surface area contributed by atoms with E-state index < -0.39 is 17.6 Å². The fraction of sp³-hybridized carbons (Fsp3) is 0.318. The fourth-order valence-electron chi connectivity index (χ4n) is 4.34. The van der Waals surface area contributed by atoms with Gasteiger partial charge in [-0.2, -0.15) is 0 Å². The molecule has 1 aliphatic heterocycles. The third kappa shape index (κ3) is 3.40. The second kappa shape index (κ2) is 7.55. The Bertz CT molecular complexity index is 1050. The normalized spacial score (nSPS) is 19.3. The summed E-state index contributed by atoms with van der Waals surface area (Å²) in [5.41, 5.74) is 2.90. The third-order valence-electron chi connectivity index (χ3n) is 5.71. The average Bonchev–Trinajstić information content (AvgIpc) is 3.28. The number of nitrogens with zero attached hydrogens (tertiary/aromatic N) is 2. The van der Waals surface area contributed by atoms with E-state index in [2.05, 4.69) is 9.88 Å². The predicted molar refractivity (Wildman–Crippen MR) is 114 cm³/mol. The van der Waals surface area contributed by atoms with E-state index in [1.165, 1.54) is 31.0 Å². The zero-order valence-electron chi connectivity index (χ0n) is 16.4.